The molecule has 0 amide bonds. The van der Waals surface area contributed by atoms with Crippen LogP contribution in [0.3, 0.4) is 0 Å². The third kappa shape index (κ3) is 1.77. The number of allylic oxidation sites excluding steroid dienone is 1. The zero-order chi connectivity index (χ0) is 12.5. The van der Waals surface area contributed by atoms with Gasteiger partial charge in [-0.1, -0.05) is 66.2 Å². The van der Waals surface area contributed by atoms with Gasteiger partial charge >= 0.3 is 0 Å². The number of ketones is 1. The third-order valence-corrected chi connectivity index (χ3v) is 3.64. The Kier molecular flexibility index (Phi) is 2.77. The van der Waals surface area contributed by atoms with Crippen LogP contribution in [0.1, 0.15) is 21.5 Å². The summed E-state index contributed by atoms with van der Waals surface area (Å²) in [6.45, 7) is 0. The molecule has 0 spiro atoms. The van der Waals surface area contributed by atoms with Crippen molar-refractivity contribution in [2.24, 2.45) is 0 Å². The number of hydrogen-bond donors (Lipinski definition) is 0. The Bertz CT molecular complexity index is 641. The van der Waals surface area contributed by atoms with Crippen molar-refractivity contribution in [2.75, 3.05) is 0 Å². The van der Waals surface area contributed by atoms with E-state index < -0.39 is 0 Å². The molecule has 0 fully saturated rings. The smallest absolute Gasteiger partial charge is 0.191 e. The fourth-order valence-corrected chi connectivity index (χ4v) is 2.54. The minimum atomic E-state index is 0.0550. The van der Waals surface area contributed by atoms with E-state index >= 15 is 0 Å². The summed E-state index contributed by atoms with van der Waals surface area (Å²) >= 11 is 6.36. The van der Waals surface area contributed by atoms with Crippen LogP contribution in [0.15, 0.2) is 60.2 Å². The van der Waals surface area contributed by atoms with Gasteiger partial charge in [0.1, 0.15) is 0 Å². The van der Waals surface area contributed by atoms with Crippen molar-refractivity contribution in [1.29, 1.82) is 0 Å². The monoisotopic (exact) mass is 254 g/mol. The molecule has 0 aliphatic heterocycles. The van der Waals surface area contributed by atoms with Gasteiger partial charge in [0.05, 0.1) is 5.03 Å². The van der Waals surface area contributed by atoms with Crippen LogP contribution < -0.4 is 0 Å². The van der Waals surface area contributed by atoms with Crippen molar-refractivity contribution in [3.8, 4) is 0 Å². The average molecular weight is 255 g/mol. The Balaban J connectivity index is 2.09. The molecule has 0 heterocycles. The lowest BCUT2D eigenvalue weighted by Gasteiger charge is -2.02. The average Bonchev–Trinajstić information content (AvgIpc) is 2.77. The van der Waals surface area contributed by atoms with Crippen molar-refractivity contribution in [1.82, 2.24) is 0 Å². The van der Waals surface area contributed by atoms with E-state index in [-0.39, 0.29) is 5.78 Å². The summed E-state index contributed by atoms with van der Waals surface area (Å²) in [5, 5.41) is 0.566. The molecule has 18 heavy (non-hydrogen) atoms. The highest BCUT2D eigenvalue weighted by atomic mass is 35.5. The normalized spacial score (nSPS) is 16.6. The van der Waals surface area contributed by atoms with Crippen molar-refractivity contribution in [2.45, 2.75) is 6.42 Å². The lowest BCUT2D eigenvalue weighted by atomic mass is 10.1. The topological polar surface area (TPSA) is 17.1 Å². The van der Waals surface area contributed by atoms with Gasteiger partial charge < -0.3 is 0 Å². The molecule has 2 aromatic rings. The molecule has 1 aliphatic rings. The van der Waals surface area contributed by atoms with Crippen molar-refractivity contribution < 1.29 is 4.79 Å². The first-order valence-corrected chi connectivity index (χ1v) is 6.22. The predicted molar refractivity (Wildman–Crippen MR) is 73.7 cm³/mol. The molecule has 0 saturated heterocycles. The minimum absolute atomic E-state index is 0.0550. The number of Topliss-reactive ketones (excluding diaryl/α,β-unsaturated/α-hetero) is 1. The summed E-state index contributed by atoms with van der Waals surface area (Å²) in [4.78, 5) is 12.3. The van der Waals surface area contributed by atoms with Crippen LogP contribution in [0.4, 0.5) is 0 Å². The van der Waals surface area contributed by atoms with Gasteiger partial charge in [-0.2, -0.15) is 0 Å². The summed E-state index contributed by atoms with van der Waals surface area (Å²) in [5.41, 5.74) is 3.44. The maximum Gasteiger partial charge on any atom is 0.191 e. The Morgan fingerprint density at radius 2 is 1.61 bits per heavy atom. The van der Waals surface area contributed by atoms with Crippen molar-refractivity contribution >= 4 is 22.4 Å². The summed E-state index contributed by atoms with van der Waals surface area (Å²) in [6, 6.07) is 17.3. The first-order valence-electron chi connectivity index (χ1n) is 5.84. The van der Waals surface area contributed by atoms with E-state index in [1.807, 2.05) is 54.6 Å². The summed E-state index contributed by atoms with van der Waals surface area (Å²) in [7, 11) is 0. The molecule has 2 aromatic carbocycles. The lowest BCUT2D eigenvalue weighted by molar-refractivity contribution is 0.104. The van der Waals surface area contributed by atoms with Crippen LogP contribution in [0, 0.1) is 0 Å². The van der Waals surface area contributed by atoms with Crippen LogP contribution in [-0.2, 0) is 6.42 Å². The number of fused-ring (bicyclic) bond motifs is 1. The molecule has 88 valence electrons. The van der Waals surface area contributed by atoms with Crippen molar-refractivity contribution in [3.05, 3.63) is 76.9 Å². The molecule has 0 radical (unpaired) electrons. The number of benzene rings is 2. The minimum Gasteiger partial charge on any atom is -0.289 e. The van der Waals surface area contributed by atoms with Crippen LogP contribution in [0.2, 0.25) is 0 Å². The SMILES string of the molecule is O=C1C(=C(Cl)c2ccccc2)Cc2ccccc21. The van der Waals surface area contributed by atoms with Gasteiger partial charge in [0.2, 0.25) is 0 Å². The number of halogens is 1. The first-order chi connectivity index (χ1) is 8.77. The largest absolute Gasteiger partial charge is 0.289 e. The first kappa shape index (κ1) is 11.2. The van der Waals surface area contributed by atoms with Crippen LogP contribution in [0.25, 0.3) is 5.03 Å². The lowest BCUT2D eigenvalue weighted by Crippen LogP contribution is -1.97. The van der Waals surface area contributed by atoms with Gasteiger partial charge in [-0.3, -0.25) is 4.79 Å². The quantitative estimate of drug-likeness (QED) is 0.701. The molecule has 2 heteroatoms. The second kappa shape index (κ2) is 4.43. The standard InChI is InChI=1S/C16H11ClO/c17-15(11-6-2-1-3-7-11)14-10-12-8-4-5-9-13(12)16(14)18/h1-9H,10H2. The summed E-state index contributed by atoms with van der Waals surface area (Å²) in [5.74, 6) is 0.0550. The maximum absolute atomic E-state index is 12.3. The van der Waals surface area contributed by atoms with Gasteiger partial charge in [-0.15, -0.1) is 0 Å². The summed E-state index contributed by atoms with van der Waals surface area (Å²) in [6.07, 6.45) is 0.628. The molecule has 0 atom stereocenters. The Hall–Kier alpha value is -1.86. The molecule has 0 bridgehead atoms. The van der Waals surface area contributed by atoms with Gasteiger partial charge in [0.15, 0.2) is 5.78 Å². The van der Waals surface area contributed by atoms with E-state index in [1.165, 1.54) is 0 Å². The zero-order valence-electron chi connectivity index (χ0n) is 9.69. The molecule has 1 nitrogen and oxygen atoms in total. The number of carbonyl (C=O) groups excluding carboxylic acids is 1. The number of carbonyl (C=O) groups is 1. The highest BCUT2D eigenvalue weighted by Crippen LogP contribution is 2.33. The number of rotatable bonds is 1. The van der Waals surface area contributed by atoms with Crippen molar-refractivity contribution in [3.63, 3.8) is 0 Å². The van der Waals surface area contributed by atoms with Crippen LogP contribution in [0.5, 0.6) is 0 Å². The Morgan fingerprint density at radius 3 is 2.33 bits per heavy atom. The molecular weight excluding hydrogens is 244 g/mol. The molecule has 0 saturated carbocycles. The predicted octanol–water partition coefficient (Wildman–Crippen LogP) is 4.08. The van der Waals surface area contributed by atoms with E-state index in [9.17, 15) is 4.79 Å². The summed E-state index contributed by atoms with van der Waals surface area (Å²) < 4.78 is 0. The second-order valence-corrected chi connectivity index (χ2v) is 4.70. The molecule has 0 N–H and O–H groups in total. The van der Waals surface area contributed by atoms with E-state index in [1.54, 1.807) is 0 Å². The molecular formula is C16H11ClO. The van der Waals surface area contributed by atoms with E-state index in [2.05, 4.69) is 0 Å². The number of hydrogen-bond acceptors (Lipinski definition) is 1. The van der Waals surface area contributed by atoms with Gasteiger partial charge in [0.25, 0.3) is 0 Å². The highest BCUT2D eigenvalue weighted by Gasteiger charge is 2.26. The Morgan fingerprint density at radius 1 is 0.944 bits per heavy atom. The van der Waals surface area contributed by atoms with Crippen LogP contribution in [-0.4, -0.2) is 5.78 Å². The Labute approximate surface area is 111 Å². The van der Waals surface area contributed by atoms with E-state index in [4.69, 9.17) is 11.6 Å². The maximum atomic E-state index is 12.3. The molecule has 1 aliphatic carbocycles. The van der Waals surface area contributed by atoms with Gasteiger partial charge in [-0.05, 0) is 11.1 Å². The zero-order valence-corrected chi connectivity index (χ0v) is 10.4. The van der Waals surface area contributed by atoms with Crippen LogP contribution >= 0.6 is 11.6 Å². The van der Waals surface area contributed by atoms with E-state index in [0.717, 1.165) is 16.7 Å². The molecule has 0 unspecified atom stereocenters. The molecule has 0 aromatic heterocycles. The fraction of sp³-hybridized carbons (Fsp3) is 0.0625. The second-order valence-electron chi connectivity index (χ2n) is 4.32. The molecule has 3 rings (SSSR count). The third-order valence-electron chi connectivity index (χ3n) is 3.20. The van der Waals surface area contributed by atoms with Gasteiger partial charge in [-0.25, -0.2) is 0 Å². The van der Waals surface area contributed by atoms with E-state index in [0.29, 0.717) is 17.0 Å². The highest BCUT2D eigenvalue weighted by molar-refractivity contribution is 6.52. The van der Waals surface area contributed by atoms with Gasteiger partial charge in [0, 0.05) is 17.6 Å². The fourth-order valence-electron chi connectivity index (χ4n) is 2.27.